The molecule has 0 atom stereocenters. The summed E-state index contributed by atoms with van der Waals surface area (Å²) in [6.45, 7) is 3.91. The maximum atomic E-state index is 13.4. The topological polar surface area (TPSA) is 132 Å². The molecule has 1 heterocycles. The maximum Gasteiger partial charge on any atom is 0.263 e. The quantitative estimate of drug-likeness (QED) is 0.223. The van der Waals surface area contributed by atoms with Crippen LogP contribution >= 0.6 is 0 Å². The number of methoxy groups -OCH3 is 2. The normalized spacial score (nSPS) is 11.3. The average Bonchev–Trinajstić information content (AvgIpc) is 2.92. The van der Waals surface area contributed by atoms with Crippen molar-refractivity contribution in [2.24, 2.45) is 0 Å². The van der Waals surface area contributed by atoms with Crippen LogP contribution in [0.1, 0.15) is 26.7 Å². The van der Waals surface area contributed by atoms with E-state index in [-0.39, 0.29) is 22.4 Å². The number of hydrogen-bond acceptors (Lipinski definition) is 8. The van der Waals surface area contributed by atoms with Crippen LogP contribution in [-0.2, 0) is 14.8 Å². The number of aromatic nitrogens is 2. The molecule has 0 aliphatic carbocycles. The van der Waals surface area contributed by atoms with Crippen molar-refractivity contribution in [3.05, 3.63) is 72.6 Å². The van der Waals surface area contributed by atoms with Crippen LogP contribution in [0, 0.1) is 5.92 Å². The van der Waals surface area contributed by atoms with Gasteiger partial charge in [-0.05, 0) is 42.7 Å². The molecular weight excluding hydrogens is 518 g/mol. The maximum absolute atomic E-state index is 13.4. The van der Waals surface area contributed by atoms with E-state index >= 15 is 0 Å². The van der Waals surface area contributed by atoms with Crippen LogP contribution in [0.15, 0.2) is 71.6 Å². The van der Waals surface area contributed by atoms with Gasteiger partial charge in [0.1, 0.15) is 11.5 Å². The summed E-state index contributed by atoms with van der Waals surface area (Å²) in [4.78, 5) is 21.4. The molecule has 0 aliphatic heterocycles. The number of sulfonamides is 1. The highest BCUT2D eigenvalue weighted by atomic mass is 32.2. The first-order valence-electron chi connectivity index (χ1n) is 12.2. The van der Waals surface area contributed by atoms with Gasteiger partial charge < -0.3 is 20.1 Å². The summed E-state index contributed by atoms with van der Waals surface area (Å²) in [5.41, 5.74) is 2.01. The summed E-state index contributed by atoms with van der Waals surface area (Å²) in [7, 11) is -1.03. The van der Waals surface area contributed by atoms with Crippen molar-refractivity contribution in [3.63, 3.8) is 0 Å². The van der Waals surface area contributed by atoms with Crippen molar-refractivity contribution in [2.75, 3.05) is 29.6 Å². The van der Waals surface area contributed by atoms with E-state index in [4.69, 9.17) is 9.47 Å². The zero-order chi connectivity index (χ0) is 28.0. The van der Waals surface area contributed by atoms with Gasteiger partial charge in [0.2, 0.25) is 5.91 Å². The molecule has 3 N–H and O–H groups in total. The number of anilines is 4. The minimum Gasteiger partial charge on any atom is -0.497 e. The Morgan fingerprint density at radius 3 is 2.05 bits per heavy atom. The zero-order valence-corrected chi connectivity index (χ0v) is 22.9. The third-order valence-electron chi connectivity index (χ3n) is 5.70. The number of carbonyl (C=O) groups excluding carboxylic acids is 1. The van der Waals surface area contributed by atoms with E-state index in [1.165, 1.54) is 26.4 Å². The highest BCUT2D eigenvalue weighted by Crippen LogP contribution is 2.31. The van der Waals surface area contributed by atoms with Gasteiger partial charge in [-0.2, -0.15) is 0 Å². The lowest BCUT2D eigenvalue weighted by Crippen LogP contribution is -2.17. The van der Waals surface area contributed by atoms with Gasteiger partial charge in [0.15, 0.2) is 11.6 Å². The smallest absolute Gasteiger partial charge is 0.263 e. The Kier molecular flexibility index (Phi) is 8.50. The molecule has 0 aliphatic rings. The highest BCUT2D eigenvalue weighted by Gasteiger charge is 2.20. The minimum absolute atomic E-state index is 0.00103. The monoisotopic (exact) mass is 548 g/mol. The Morgan fingerprint density at radius 1 is 0.795 bits per heavy atom. The van der Waals surface area contributed by atoms with Crippen molar-refractivity contribution < 1.29 is 22.7 Å². The van der Waals surface area contributed by atoms with Crippen LogP contribution in [0.4, 0.5) is 23.0 Å². The molecule has 39 heavy (non-hydrogen) atoms. The Bertz CT molecular complexity index is 1570. The average molecular weight is 549 g/mol. The molecule has 4 aromatic rings. The molecule has 4 rings (SSSR count). The number of rotatable bonds is 11. The zero-order valence-electron chi connectivity index (χ0n) is 22.1. The number of carbonyl (C=O) groups is 1. The predicted molar refractivity (Wildman–Crippen MR) is 152 cm³/mol. The lowest BCUT2D eigenvalue weighted by Gasteiger charge is -2.15. The number of fused-ring (bicyclic) bond motifs is 1. The first-order chi connectivity index (χ1) is 18.7. The predicted octanol–water partition coefficient (Wildman–Crippen LogP) is 5.52. The van der Waals surface area contributed by atoms with E-state index < -0.39 is 10.0 Å². The standard InChI is InChI=1S/C28H30N5O5S/c1-18(2)12-13-26(34)29-19-8-7-9-23(16-19)39(35,36)33-28-27(31-24-10-5-6-11-25(24)32-28)30-20-14-21(37-3)17-22(15-20)38-4/h5-11,14-17H,12-13H2,1-4H3,(H,29,34)(H,30,31)(H,32,33). The molecule has 0 spiro atoms. The number of hydrogen-bond donors (Lipinski definition) is 3. The number of amides is 1. The molecule has 1 amide bonds. The molecule has 0 saturated carbocycles. The fourth-order valence-electron chi connectivity index (χ4n) is 3.69. The van der Waals surface area contributed by atoms with Crippen LogP contribution in [0.2, 0.25) is 0 Å². The molecule has 3 aromatic carbocycles. The van der Waals surface area contributed by atoms with Gasteiger partial charge in [0, 0.05) is 36.0 Å². The van der Waals surface area contributed by atoms with Gasteiger partial charge in [-0.3, -0.25) is 9.52 Å². The van der Waals surface area contributed by atoms with Crippen LogP contribution in [0.25, 0.3) is 11.0 Å². The molecule has 1 radical (unpaired) electrons. The largest absolute Gasteiger partial charge is 0.497 e. The minimum atomic E-state index is -4.10. The fourth-order valence-corrected chi connectivity index (χ4v) is 4.74. The van der Waals surface area contributed by atoms with Crippen molar-refractivity contribution >= 4 is 50.0 Å². The molecule has 0 unspecified atom stereocenters. The molecule has 10 nitrogen and oxygen atoms in total. The number of nitrogens with one attached hydrogen (secondary N) is 3. The summed E-state index contributed by atoms with van der Waals surface area (Å²) >= 11 is 0. The molecule has 0 bridgehead atoms. The summed E-state index contributed by atoms with van der Waals surface area (Å²) < 4.78 is 40.1. The third kappa shape index (κ3) is 7.14. The lowest BCUT2D eigenvalue weighted by molar-refractivity contribution is -0.116. The van der Waals surface area contributed by atoms with Gasteiger partial charge in [-0.15, -0.1) is 0 Å². The van der Waals surface area contributed by atoms with Gasteiger partial charge in [0.05, 0.1) is 30.1 Å². The SMILES string of the molecule is COc1cc(Nc2nc3ccccc3nc2NS(=O)(=O)c2cccc(NC(=O)CC[C](C)C)c2)cc(OC)c1. The van der Waals surface area contributed by atoms with Gasteiger partial charge in [-0.25, -0.2) is 18.4 Å². The number of ether oxygens (including phenoxy) is 2. The van der Waals surface area contributed by atoms with E-state index in [2.05, 4.69) is 25.3 Å². The Morgan fingerprint density at radius 2 is 1.44 bits per heavy atom. The molecule has 0 saturated heterocycles. The van der Waals surface area contributed by atoms with E-state index in [9.17, 15) is 13.2 Å². The van der Waals surface area contributed by atoms with E-state index in [0.717, 1.165) is 5.92 Å². The highest BCUT2D eigenvalue weighted by molar-refractivity contribution is 7.92. The molecular formula is C28H30N5O5S. The number of benzene rings is 3. The first-order valence-corrected chi connectivity index (χ1v) is 13.6. The van der Waals surface area contributed by atoms with Gasteiger partial charge in [0.25, 0.3) is 10.0 Å². The van der Waals surface area contributed by atoms with E-state index in [1.54, 1.807) is 48.5 Å². The first kappa shape index (κ1) is 27.6. The summed E-state index contributed by atoms with van der Waals surface area (Å²) in [6.07, 6.45) is 0.968. The Balaban J connectivity index is 1.66. The number of para-hydroxylation sites is 2. The third-order valence-corrected chi connectivity index (χ3v) is 7.03. The lowest BCUT2D eigenvalue weighted by atomic mass is 10.1. The number of nitrogens with zero attached hydrogens (tertiary/aromatic N) is 2. The van der Waals surface area contributed by atoms with Crippen molar-refractivity contribution in [3.8, 4) is 11.5 Å². The second-order valence-corrected chi connectivity index (χ2v) is 10.7. The van der Waals surface area contributed by atoms with Crippen LogP contribution in [0.5, 0.6) is 11.5 Å². The summed E-state index contributed by atoms with van der Waals surface area (Å²) in [6, 6.07) is 18.3. The van der Waals surface area contributed by atoms with E-state index in [1.807, 2.05) is 19.9 Å². The van der Waals surface area contributed by atoms with Gasteiger partial charge in [-0.1, -0.05) is 32.0 Å². The molecule has 1 aromatic heterocycles. The van der Waals surface area contributed by atoms with Crippen LogP contribution < -0.4 is 24.8 Å². The fraction of sp³-hybridized carbons (Fsp3) is 0.214. The molecule has 0 fully saturated rings. The second-order valence-electron chi connectivity index (χ2n) is 9.02. The van der Waals surface area contributed by atoms with Crippen LogP contribution in [-0.4, -0.2) is 38.5 Å². The second kappa shape index (κ2) is 12.0. The Hall–Kier alpha value is -4.38. The summed E-state index contributed by atoms with van der Waals surface area (Å²) in [5.74, 6) is 2.21. The van der Waals surface area contributed by atoms with E-state index in [0.29, 0.717) is 46.7 Å². The van der Waals surface area contributed by atoms with Crippen LogP contribution in [0.3, 0.4) is 0 Å². The molecule has 203 valence electrons. The van der Waals surface area contributed by atoms with Gasteiger partial charge >= 0.3 is 0 Å². The van der Waals surface area contributed by atoms with Crippen molar-refractivity contribution in [1.82, 2.24) is 9.97 Å². The Labute approximate surface area is 227 Å². The van der Waals surface area contributed by atoms with Crippen molar-refractivity contribution in [2.45, 2.75) is 31.6 Å². The molecule has 11 heteroatoms. The van der Waals surface area contributed by atoms with Crippen molar-refractivity contribution in [1.29, 1.82) is 0 Å². The summed E-state index contributed by atoms with van der Waals surface area (Å²) in [5, 5.41) is 5.88.